The summed E-state index contributed by atoms with van der Waals surface area (Å²) in [6.45, 7) is 2.10. The Morgan fingerprint density at radius 1 is 1.10 bits per heavy atom. The third-order valence-corrected chi connectivity index (χ3v) is 4.40. The van der Waals surface area contributed by atoms with E-state index in [2.05, 4.69) is 75.6 Å². The van der Waals surface area contributed by atoms with Crippen LogP contribution in [0.2, 0.25) is 0 Å². The molecule has 0 saturated carbocycles. The third kappa shape index (κ3) is 2.85. The molecule has 3 rings (SSSR count). The fraction of sp³-hybridized carbons (Fsp3) is 0.167. The van der Waals surface area contributed by atoms with Crippen LogP contribution in [0.4, 0.5) is 0 Å². The van der Waals surface area contributed by atoms with E-state index in [1.807, 2.05) is 19.3 Å². The summed E-state index contributed by atoms with van der Waals surface area (Å²) in [5.74, 6) is 0. The number of aryl methyl sites for hydroxylation is 1. The van der Waals surface area contributed by atoms with Crippen LogP contribution in [0.5, 0.6) is 0 Å². The van der Waals surface area contributed by atoms with E-state index >= 15 is 0 Å². The molecule has 1 heterocycles. The van der Waals surface area contributed by atoms with Crippen molar-refractivity contribution in [3.8, 4) is 0 Å². The number of fused-ring (bicyclic) bond motifs is 1. The Labute approximate surface area is 133 Å². The number of benzene rings is 2. The van der Waals surface area contributed by atoms with Gasteiger partial charge >= 0.3 is 0 Å². The predicted octanol–water partition coefficient (Wildman–Crippen LogP) is 4.61. The van der Waals surface area contributed by atoms with Gasteiger partial charge in [0.25, 0.3) is 0 Å². The predicted molar refractivity (Wildman–Crippen MR) is 91.5 cm³/mol. The van der Waals surface area contributed by atoms with Crippen molar-refractivity contribution in [2.75, 3.05) is 7.05 Å². The van der Waals surface area contributed by atoms with E-state index in [0.717, 1.165) is 9.99 Å². The average molecular weight is 341 g/mol. The van der Waals surface area contributed by atoms with Crippen molar-refractivity contribution >= 4 is 26.8 Å². The average Bonchev–Trinajstić information content (AvgIpc) is 2.50. The molecule has 0 fully saturated rings. The quantitative estimate of drug-likeness (QED) is 0.752. The van der Waals surface area contributed by atoms with Crippen molar-refractivity contribution in [3.63, 3.8) is 0 Å². The molecule has 0 bridgehead atoms. The molecule has 0 aliphatic rings. The third-order valence-electron chi connectivity index (χ3n) is 3.72. The van der Waals surface area contributed by atoms with Gasteiger partial charge in [-0.1, -0.05) is 40.2 Å². The number of pyridine rings is 1. The minimum Gasteiger partial charge on any atom is -0.309 e. The lowest BCUT2D eigenvalue weighted by Gasteiger charge is -2.19. The van der Waals surface area contributed by atoms with Crippen molar-refractivity contribution in [1.82, 2.24) is 10.3 Å². The van der Waals surface area contributed by atoms with Crippen LogP contribution in [0.1, 0.15) is 22.7 Å². The van der Waals surface area contributed by atoms with Gasteiger partial charge in [-0.05, 0) is 54.9 Å². The molecule has 3 aromatic rings. The normalized spacial score (nSPS) is 12.5. The molecule has 0 amide bonds. The van der Waals surface area contributed by atoms with Gasteiger partial charge in [0.15, 0.2) is 0 Å². The van der Waals surface area contributed by atoms with Crippen molar-refractivity contribution in [2.45, 2.75) is 13.0 Å². The zero-order valence-corrected chi connectivity index (χ0v) is 13.7. The lowest BCUT2D eigenvalue weighted by atomic mass is 9.96. The highest BCUT2D eigenvalue weighted by atomic mass is 79.9. The van der Waals surface area contributed by atoms with Gasteiger partial charge in [0.2, 0.25) is 0 Å². The summed E-state index contributed by atoms with van der Waals surface area (Å²) in [6.07, 6.45) is 1.83. The van der Waals surface area contributed by atoms with E-state index in [1.54, 1.807) is 0 Å². The first-order valence-electron chi connectivity index (χ1n) is 6.97. The Balaban J connectivity index is 2.09. The zero-order chi connectivity index (χ0) is 14.8. The smallest absolute Gasteiger partial charge is 0.0702 e. The summed E-state index contributed by atoms with van der Waals surface area (Å²) < 4.78 is 1.13. The molecule has 2 nitrogen and oxygen atoms in total. The van der Waals surface area contributed by atoms with Gasteiger partial charge < -0.3 is 5.32 Å². The lowest BCUT2D eigenvalue weighted by Crippen LogP contribution is -2.18. The van der Waals surface area contributed by atoms with Crippen molar-refractivity contribution < 1.29 is 0 Å². The van der Waals surface area contributed by atoms with Gasteiger partial charge in [-0.3, -0.25) is 4.98 Å². The Kier molecular flexibility index (Phi) is 4.04. The van der Waals surface area contributed by atoms with E-state index in [-0.39, 0.29) is 6.04 Å². The van der Waals surface area contributed by atoms with Crippen molar-refractivity contribution in [3.05, 3.63) is 75.9 Å². The molecule has 1 unspecified atom stereocenters. The molecule has 1 aromatic heterocycles. The molecule has 3 heteroatoms. The zero-order valence-electron chi connectivity index (χ0n) is 12.1. The Morgan fingerprint density at radius 3 is 2.71 bits per heavy atom. The summed E-state index contributed by atoms with van der Waals surface area (Å²) in [5.41, 5.74) is 4.76. The molecule has 1 N–H and O–H groups in total. The second-order valence-electron chi connectivity index (χ2n) is 5.20. The minimum absolute atomic E-state index is 0.157. The van der Waals surface area contributed by atoms with Crippen LogP contribution < -0.4 is 5.32 Å². The van der Waals surface area contributed by atoms with Crippen LogP contribution in [0.15, 0.2) is 59.2 Å². The maximum atomic E-state index is 4.38. The Bertz CT molecular complexity index is 783. The van der Waals surface area contributed by atoms with E-state index in [9.17, 15) is 0 Å². The summed E-state index contributed by atoms with van der Waals surface area (Å²) in [7, 11) is 1.99. The van der Waals surface area contributed by atoms with Gasteiger partial charge in [-0.15, -0.1) is 0 Å². The molecule has 0 radical (unpaired) electrons. The first-order chi connectivity index (χ1) is 10.2. The number of halogens is 1. The highest BCUT2D eigenvalue weighted by Gasteiger charge is 2.15. The van der Waals surface area contributed by atoms with Gasteiger partial charge in [-0.25, -0.2) is 0 Å². The second kappa shape index (κ2) is 5.96. The largest absolute Gasteiger partial charge is 0.309 e. The minimum atomic E-state index is 0.157. The highest BCUT2D eigenvalue weighted by molar-refractivity contribution is 9.10. The topological polar surface area (TPSA) is 24.9 Å². The number of hydrogen-bond donors (Lipinski definition) is 1. The number of aromatic nitrogens is 1. The first kappa shape index (κ1) is 14.2. The number of nitrogens with zero attached hydrogens (tertiary/aromatic N) is 1. The summed E-state index contributed by atoms with van der Waals surface area (Å²) >= 11 is 3.68. The molecule has 106 valence electrons. The van der Waals surface area contributed by atoms with Crippen LogP contribution in [0.25, 0.3) is 10.9 Å². The summed E-state index contributed by atoms with van der Waals surface area (Å²) in [6, 6.07) is 17.1. The fourth-order valence-electron chi connectivity index (χ4n) is 2.64. The molecule has 0 spiro atoms. The summed E-state index contributed by atoms with van der Waals surface area (Å²) in [4.78, 5) is 4.38. The number of rotatable bonds is 3. The number of nitrogens with one attached hydrogen (secondary N) is 1. The molecule has 21 heavy (non-hydrogen) atoms. The van der Waals surface area contributed by atoms with Crippen molar-refractivity contribution in [2.24, 2.45) is 0 Å². The molecule has 2 aromatic carbocycles. The maximum absolute atomic E-state index is 4.38. The molecule has 0 aliphatic carbocycles. The monoisotopic (exact) mass is 340 g/mol. The number of hydrogen-bond acceptors (Lipinski definition) is 2. The molecular weight excluding hydrogens is 324 g/mol. The molecule has 1 atom stereocenters. The van der Waals surface area contributed by atoms with Gasteiger partial charge in [0.1, 0.15) is 0 Å². The molecule has 0 aliphatic heterocycles. The van der Waals surface area contributed by atoms with Gasteiger partial charge in [0.05, 0.1) is 11.6 Å². The molecule has 0 saturated heterocycles. The van der Waals surface area contributed by atoms with E-state index in [0.29, 0.717) is 0 Å². The summed E-state index contributed by atoms with van der Waals surface area (Å²) in [5, 5.41) is 4.57. The van der Waals surface area contributed by atoms with Gasteiger partial charge in [0, 0.05) is 16.1 Å². The SMILES string of the molecule is CNC(c1ccc2ncccc2c1)c1ccc(C)cc1Br. The standard InChI is InChI=1S/C18H17BrN2/c1-12-5-7-15(16(19)10-12)18(20-2)14-6-8-17-13(11-14)4-3-9-21-17/h3-11,18,20H,1-2H3. The van der Waals surface area contributed by atoms with Crippen LogP contribution in [0, 0.1) is 6.92 Å². The van der Waals surface area contributed by atoms with Crippen LogP contribution in [0.3, 0.4) is 0 Å². The van der Waals surface area contributed by atoms with Crippen molar-refractivity contribution in [1.29, 1.82) is 0 Å². The van der Waals surface area contributed by atoms with E-state index in [4.69, 9.17) is 0 Å². The Morgan fingerprint density at radius 2 is 1.95 bits per heavy atom. The van der Waals surface area contributed by atoms with E-state index < -0.39 is 0 Å². The fourth-order valence-corrected chi connectivity index (χ4v) is 3.36. The van der Waals surface area contributed by atoms with Crippen LogP contribution in [-0.2, 0) is 0 Å². The maximum Gasteiger partial charge on any atom is 0.0702 e. The highest BCUT2D eigenvalue weighted by Crippen LogP contribution is 2.30. The van der Waals surface area contributed by atoms with Crippen LogP contribution in [-0.4, -0.2) is 12.0 Å². The Hall–Kier alpha value is -1.71. The lowest BCUT2D eigenvalue weighted by molar-refractivity contribution is 0.689. The molecular formula is C18H17BrN2. The van der Waals surface area contributed by atoms with E-state index in [1.165, 1.54) is 22.1 Å². The first-order valence-corrected chi connectivity index (χ1v) is 7.76. The van der Waals surface area contributed by atoms with Crippen LogP contribution >= 0.6 is 15.9 Å². The second-order valence-corrected chi connectivity index (χ2v) is 6.06. The van der Waals surface area contributed by atoms with Gasteiger partial charge in [-0.2, -0.15) is 0 Å².